The molecule has 144 valence electrons. The van der Waals surface area contributed by atoms with Gasteiger partial charge >= 0.3 is 0 Å². The van der Waals surface area contributed by atoms with E-state index in [0.29, 0.717) is 30.6 Å². The molecule has 3 atom stereocenters. The minimum atomic E-state index is -0.561. The van der Waals surface area contributed by atoms with Crippen molar-refractivity contribution in [1.29, 1.82) is 0 Å². The highest BCUT2D eigenvalue weighted by Crippen LogP contribution is 2.29. The van der Waals surface area contributed by atoms with Crippen molar-refractivity contribution in [2.75, 3.05) is 7.05 Å². The summed E-state index contributed by atoms with van der Waals surface area (Å²) in [6.07, 6.45) is 3.90. The number of hydrogen-bond donors (Lipinski definition) is 2. The smallest absolute Gasteiger partial charge is 0.255 e. The van der Waals surface area contributed by atoms with Crippen molar-refractivity contribution in [2.24, 2.45) is 5.73 Å². The van der Waals surface area contributed by atoms with Gasteiger partial charge in [-0.3, -0.25) is 24.6 Å². The quantitative estimate of drug-likeness (QED) is 0.763. The van der Waals surface area contributed by atoms with Crippen molar-refractivity contribution >= 4 is 17.7 Å². The van der Waals surface area contributed by atoms with Gasteiger partial charge in [-0.1, -0.05) is 12.1 Å². The molecule has 0 aromatic heterocycles. The number of amides is 3. The summed E-state index contributed by atoms with van der Waals surface area (Å²) in [5.41, 5.74) is 8.81. The fraction of sp³-hybridized carbons (Fsp3) is 0.550. The lowest BCUT2D eigenvalue weighted by molar-refractivity contribution is -0.136. The highest BCUT2D eigenvalue weighted by atomic mass is 16.2. The Balaban J connectivity index is 1.46. The molecule has 1 saturated heterocycles. The van der Waals surface area contributed by atoms with Crippen molar-refractivity contribution in [3.05, 3.63) is 34.9 Å². The van der Waals surface area contributed by atoms with Crippen LogP contribution >= 0.6 is 0 Å². The molecule has 4 rings (SSSR count). The second-order valence-corrected chi connectivity index (χ2v) is 8.03. The number of carbonyl (C=O) groups excluding carboxylic acids is 3. The monoisotopic (exact) mass is 370 g/mol. The number of nitrogens with one attached hydrogen (secondary N) is 1. The number of piperidine rings is 1. The molecular formula is C20H26N4O3. The van der Waals surface area contributed by atoms with Crippen molar-refractivity contribution < 1.29 is 14.4 Å². The van der Waals surface area contributed by atoms with Gasteiger partial charge in [0, 0.05) is 37.2 Å². The molecule has 3 N–H and O–H groups in total. The summed E-state index contributed by atoms with van der Waals surface area (Å²) >= 11 is 0. The summed E-state index contributed by atoms with van der Waals surface area (Å²) in [6, 6.07) is 6.19. The van der Waals surface area contributed by atoms with Crippen LogP contribution in [0.25, 0.3) is 0 Å². The molecule has 2 fully saturated rings. The Hall–Kier alpha value is -2.25. The maximum absolute atomic E-state index is 12.7. The van der Waals surface area contributed by atoms with E-state index in [4.69, 9.17) is 5.73 Å². The van der Waals surface area contributed by atoms with Gasteiger partial charge in [0.05, 0.1) is 0 Å². The minimum Gasteiger partial charge on any atom is -0.328 e. The van der Waals surface area contributed by atoms with Gasteiger partial charge in [0.2, 0.25) is 11.8 Å². The van der Waals surface area contributed by atoms with Gasteiger partial charge in [0.15, 0.2) is 0 Å². The molecule has 2 aliphatic heterocycles. The highest BCUT2D eigenvalue weighted by Gasteiger charge is 2.39. The van der Waals surface area contributed by atoms with Gasteiger partial charge in [0.1, 0.15) is 6.04 Å². The maximum Gasteiger partial charge on any atom is 0.255 e. The van der Waals surface area contributed by atoms with Crippen LogP contribution in [-0.4, -0.2) is 52.7 Å². The number of hydrogen-bond acceptors (Lipinski definition) is 5. The fourth-order valence-electron chi connectivity index (χ4n) is 4.54. The molecule has 7 nitrogen and oxygen atoms in total. The largest absolute Gasteiger partial charge is 0.328 e. The third kappa shape index (κ3) is 3.49. The topological polar surface area (TPSA) is 95.7 Å². The summed E-state index contributed by atoms with van der Waals surface area (Å²) in [7, 11) is 2.12. The van der Waals surface area contributed by atoms with E-state index in [1.165, 1.54) is 0 Å². The van der Waals surface area contributed by atoms with Gasteiger partial charge in [-0.25, -0.2) is 0 Å². The fourth-order valence-corrected chi connectivity index (χ4v) is 4.54. The molecule has 0 bridgehead atoms. The molecule has 3 aliphatic rings. The Labute approximate surface area is 158 Å². The van der Waals surface area contributed by atoms with Crippen LogP contribution in [0.4, 0.5) is 0 Å². The molecular weight excluding hydrogens is 344 g/mol. The number of nitrogens with zero attached hydrogens (tertiary/aromatic N) is 2. The maximum atomic E-state index is 12.7. The van der Waals surface area contributed by atoms with Crippen LogP contribution in [0.5, 0.6) is 0 Å². The molecule has 0 spiro atoms. The highest BCUT2D eigenvalue weighted by molar-refractivity contribution is 6.05. The first-order valence-electron chi connectivity index (χ1n) is 9.64. The predicted octanol–water partition coefficient (Wildman–Crippen LogP) is 0.759. The average Bonchev–Trinajstić information content (AvgIpc) is 3.19. The molecule has 7 heteroatoms. The normalized spacial score (nSPS) is 28.0. The van der Waals surface area contributed by atoms with Crippen LogP contribution in [0, 0.1) is 0 Å². The molecule has 1 aliphatic carbocycles. The molecule has 1 aromatic carbocycles. The van der Waals surface area contributed by atoms with Crippen molar-refractivity contribution in [1.82, 2.24) is 15.1 Å². The lowest BCUT2D eigenvalue weighted by atomic mass is 10.0. The Morgan fingerprint density at radius 2 is 2.04 bits per heavy atom. The van der Waals surface area contributed by atoms with E-state index >= 15 is 0 Å². The van der Waals surface area contributed by atoms with Gasteiger partial charge in [-0.05, 0) is 49.9 Å². The van der Waals surface area contributed by atoms with Gasteiger partial charge in [0.25, 0.3) is 5.91 Å². The Bertz CT molecular complexity index is 793. The minimum absolute atomic E-state index is 0.124. The molecule has 3 amide bonds. The van der Waals surface area contributed by atoms with E-state index in [-0.39, 0.29) is 24.1 Å². The third-order valence-electron chi connectivity index (χ3n) is 6.09. The van der Waals surface area contributed by atoms with E-state index in [9.17, 15) is 14.4 Å². The van der Waals surface area contributed by atoms with E-state index in [1.54, 1.807) is 4.90 Å². The van der Waals surface area contributed by atoms with Crippen molar-refractivity contribution in [3.8, 4) is 0 Å². The second-order valence-electron chi connectivity index (χ2n) is 8.03. The average molecular weight is 370 g/mol. The van der Waals surface area contributed by atoms with Gasteiger partial charge in [-0.15, -0.1) is 0 Å². The first-order chi connectivity index (χ1) is 12.9. The lowest BCUT2D eigenvalue weighted by Crippen LogP contribution is -2.52. The summed E-state index contributed by atoms with van der Waals surface area (Å²) in [6.45, 7) is 1.24. The first-order valence-corrected chi connectivity index (χ1v) is 9.64. The first kappa shape index (κ1) is 18.1. The summed E-state index contributed by atoms with van der Waals surface area (Å²) < 4.78 is 0. The summed E-state index contributed by atoms with van der Waals surface area (Å²) in [5, 5.41) is 2.34. The number of fused-ring (bicyclic) bond motifs is 1. The van der Waals surface area contributed by atoms with Crippen LogP contribution in [0.2, 0.25) is 0 Å². The molecule has 1 saturated carbocycles. The predicted molar refractivity (Wildman–Crippen MR) is 99.6 cm³/mol. The Morgan fingerprint density at radius 3 is 2.74 bits per heavy atom. The Kier molecular flexibility index (Phi) is 4.74. The van der Waals surface area contributed by atoms with Crippen LogP contribution in [0.15, 0.2) is 18.2 Å². The van der Waals surface area contributed by atoms with Crippen molar-refractivity contribution in [2.45, 2.75) is 63.3 Å². The third-order valence-corrected chi connectivity index (χ3v) is 6.09. The zero-order valence-electron chi connectivity index (χ0n) is 15.6. The molecule has 1 aromatic rings. The number of imide groups is 1. The SMILES string of the molecule is CN(Cc1ccc2c(c1)CN(C1CCC(=O)NC1=O)C2=O)C1CCC(N)C1. The number of benzene rings is 1. The zero-order valence-corrected chi connectivity index (χ0v) is 15.6. The van der Waals surface area contributed by atoms with Crippen LogP contribution < -0.4 is 11.1 Å². The summed E-state index contributed by atoms with van der Waals surface area (Å²) in [4.78, 5) is 40.2. The van der Waals surface area contributed by atoms with E-state index in [0.717, 1.165) is 36.9 Å². The summed E-state index contributed by atoms with van der Waals surface area (Å²) in [5.74, 6) is -0.761. The molecule has 3 unspecified atom stereocenters. The van der Waals surface area contributed by atoms with Crippen LogP contribution in [-0.2, 0) is 22.7 Å². The van der Waals surface area contributed by atoms with E-state index in [1.807, 2.05) is 12.1 Å². The molecule has 0 radical (unpaired) electrons. The van der Waals surface area contributed by atoms with Crippen LogP contribution in [0.3, 0.4) is 0 Å². The number of carbonyl (C=O) groups is 3. The van der Waals surface area contributed by atoms with E-state index in [2.05, 4.69) is 23.3 Å². The van der Waals surface area contributed by atoms with E-state index < -0.39 is 6.04 Å². The molecule has 2 heterocycles. The standard InChI is InChI=1S/C20H26N4O3/c1-23(15-4-3-14(21)9-15)10-12-2-5-16-13(8-12)11-24(20(16)27)17-6-7-18(25)22-19(17)26/h2,5,8,14-15,17H,3-4,6-7,9-11,21H2,1H3,(H,22,25,26). The molecule has 27 heavy (non-hydrogen) atoms. The second kappa shape index (κ2) is 7.05. The van der Waals surface area contributed by atoms with Crippen molar-refractivity contribution in [3.63, 3.8) is 0 Å². The zero-order chi connectivity index (χ0) is 19.1. The Morgan fingerprint density at radius 1 is 1.22 bits per heavy atom. The van der Waals surface area contributed by atoms with Gasteiger partial charge < -0.3 is 10.6 Å². The van der Waals surface area contributed by atoms with Crippen LogP contribution in [0.1, 0.15) is 53.6 Å². The number of nitrogens with two attached hydrogens (primary N) is 1. The lowest BCUT2D eigenvalue weighted by Gasteiger charge is -2.29. The number of rotatable bonds is 4. The van der Waals surface area contributed by atoms with Gasteiger partial charge in [-0.2, -0.15) is 0 Å².